The summed E-state index contributed by atoms with van der Waals surface area (Å²) in [5.74, 6) is -0.188. The number of rotatable bonds is 3. The molecule has 0 atom stereocenters. The Balaban J connectivity index is 1.81. The Morgan fingerprint density at radius 1 is 1.22 bits per heavy atom. The Labute approximate surface area is 166 Å². The highest BCUT2D eigenvalue weighted by Crippen LogP contribution is 2.41. The summed E-state index contributed by atoms with van der Waals surface area (Å²) in [7, 11) is 0. The summed E-state index contributed by atoms with van der Waals surface area (Å²) in [5.41, 5.74) is 4.71. The van der Waals surface area contributed by atoms with Gasteiger partial charge < -0.3 is 10.0 Å². The summed E-state index contributed by atoms with van der Waals surface area (Å²) >= 11 is 7.76. The number of aryl methyl sites for hydroxylation is 2. The van der Waals surface area contributed by atoms with E-state index in [4.69, 9.17) is 11.6 Å². The molecule has 0 amide bonds. The van der Waals surface area contributed by atoms with Crippen LogP contribution in [0.25, 0.3) is 21.3 Å². The number of aromatic nitrogens is 2. The fourth-order valence-corrected chi connectivity index (χ4v) is 4.93. The van der Waals surface area contributed by atoms with Gasteiger partial charge in [0.05, 0.1) is 11.3 Å². The zero-order valence-electron chi connectivity index (χ0n) is 15.2. The highest BCUT2D eigenvalue weighted by atomic mass is 35.5. The molecule has 1 saturated heterocycles. The molecule has 27 heavy (non-hydrogen) atoms. The number of anilines is 1. The van der Waals surface area contributed by atoms with Crippen molar-refractivity contribution in [3.05, 3.63) is 40.0 Å². The zero-order chi connectivity index (χ0) is 19.1. The maximum atomic E-state index is 11.3. The third-order valence-electron chi connectivity index (χ3n) is 5.20. The molecule has 3 heterocycles. The van der Waals surface area contributed by atoms with Gasteiger partial charge in [-0.15, -0.1) is 11.3 Å². The predicted molar refractivity (Wildman–Crippen MR) is 110 cm³/mol. The van der Waals surface area contributed by atoms with Gasteiger partial charge in [-0.25, -0.2) is 4.98 Å². The Morgan fingerprint density at radius 2 is 1.96 bits per heavy atom. The van der Waals surface area contributed by atoms with E-state index in [1.54, 1.807) is 11.3 Å². The Morgan fingerprint density at radius 3 is 2.63 bits per heavy atom. The van der Waals surface area contributed by atoms with Gasteiger partial charge in [-0.2, -0.15) is 4.98 Å². The standard InChI is InChI=1S/C20H20ClN3O2S/c1-11-3-4-14(12(2)9-11)15-10-27-18-16(15)17(22-20(21)23-18)24-7-5-13(6-8-24)19(25)26/h3-4,9-10,13H,5-8H2,1-2H3,(H,25,26). The van der Waals surface area contributed by atoms with E-state index >= 15 is 0 Å². The van der Waals surface area contributed by atoms with Crippen LogP contribution in [0.4, 0.5) is 5.82 Å². The molecule has 7 heteroatoms. The minimum Gasteiger partial charge on any atom is -0.481 e. The summed E-state index contributed by atoms with van der Waals surface area (Å²) in [6.07, 6.45) is 1.23. The summed E-state index contributed by atoms with van der Waals surface area (Å²) < 4.78 is 0. The van der Waals surface area contributed by atoms with Gasteiger partial charge in [-0.1, -0.05) is 23.8 Å². The monoisotopic (exact) mass is 401 g/mol. The third kappa shape index (κ3) is 3.39. The molecule has 1 aliphatic heterocycles. The number of hydrogen-bond donors (Lipinski definition) is 1. The molecule has 1 aromatic carbocycles. The first-order valence-corrected chi connectivity index (χ1v) is 10.2. The van der Waals surface area contributed by atoms with E-state index in [1.165, 1.54) is 16.7 Å². The van der Waals surface area contributed by atoms with Crippen molar-refractivity contribution in [2.45, 2.75) is 26.7 Å². The fourth-order valence-electron chi connectivity index (χ4n) is 3.78. The van der Waals surface area contributed by atoms with Crippen molar-refractivity contribution in [3.63, 3.8) is 0 Å². The number of piperidine rings is 1. The Bertz CT molecular complexity index is 1030. The van der Waals surface area contributed by atoms with Crippen molar-refractivity contribution in [2.75, 3.05) is 18.0 Å². The van der Waals surface area contributed by atoms with Gasteiger partial charge in [0.1, 0.15) is 10.6 Å². The molecule has 0 aliphatic carbocycles. The smallest absolute Gasteiger partial charge is 0.306 e. The normalized spacial score (nSPS) is 15.4. The average Bonchev–Trinajstić information content (AvgIpc) is 3.04. The van der Waals surface area contributed by atoms with E-state index < -0.39 is 5.97 Å². The summed E-state index contributed by atoms with van der Waals surface area (Å²) in [6, 6.07) is 6.43. The van der Waals surface area contributed by atoms with Gasteiger partial charge in [0.15, 0.2) is 0 Å². The number of nitrogens with zero attached hydrogens (tertiary/aromatic N) is 3. The maximum Gasteiger partial charge on any atom is 0.306 e. The number of benzene rings is 1. The first kappa shape index (κ1) is 18.2. The van der Waals surface area contributed by atoms with Crippen LogP contribution in [0.15, 0.2) is 23.6 Å². The Hall–Kier alpha value is -2.18. The molecule has 3 aromatic rings. The van der Waals surface area contributed by atoms with E-state index in [1.807, 2.05) is 0 Å². The molecule has 140 valence electrons. The van der Waals surface area contributed by atoms with Gasteiger partial charge in [-0.05, 0) is 49.4 Å². The predicted octanol–water partition coefficient (Wildman–Crippen LogP) is 4.93. The number of hydrogen-bond acceptors (Lipinski definition) is 5. The zero-order valence-corrected chi connectivity index (χ0v) is 16.8. The topological polar surface area (TPSA) is 66.3 Å². The van der Waals surface area contributed by atoms with Crippen molar-refractivity contribution in [3.8, 4) is 11.1 Å². The molecular weight excluding hydrogens is 382 g/mol. The highest BCUT2D eigenvalue weighted by molar-refractivity contribution is 7.17. The highest BCUT2D eigenvalue weighted by Gasteiger charge is 2.27. The molecule has 1 aliphatic rings. The van der Waals surface area contributed by atoms with Crippen molar-refractivity contribution >= 4 is 44.9 Å². The second-order valence-corrected chi connectivity index (χ2v) is 8.26. The lowest BCUT2D eigenvalue weighted by Crippen LogP contribution is -2.37. The van der Waals surface area contributed by atoms with Crippen LogP contribution >= 0.6 is 22.9 Å². The first-order valence-electron chi connectivity index (χ1n) is 8.94. The second-order valence-electron chi connectivity index (χ2n) is 7.06. The molecule has 0 saturated carbocycles. The van der Waals surface area contributed by atoms with Gasteiger partial charge >= 0.3 is 5.97 Å². The quantitative estimate of drug-likeness (QED) is 0.630. The number of fused-ring (bicyclic) bond motifs is 1. The number of carboxylic acids is 1. The average molecular weight is 402 g/mol. The summed E-state index contributed by atoms with van der Waals surface area (Å²) in [4.78, 5) is 23.2. The summed E-state index contributed by atoms with van der Waals surface area (Å²) in [6.45, 7) is 5.51. The number of aliphatic carboxylic acids is 1. The molecule has 2 aromatic heterocycles. The van der Waals surface area contributed by atoms with E-state index in [-0.39, 0.29) is 11.2 Å². The van der Waals surface area contributed by atoms with Crippen molar-refractivity contribution < 1.29 is 9.90 Å². The lowest BCUT2D eigenvalue weighted by Gasteiger charge is -2.31. The van der Waals surface area contributed by atoms with Crippen LogP contribution in [0.3, 0.4) is 0 Å². The molecule has 1 fully saturated rings. The molecule has 0 spiro atoms. The largest absolute Gasteiger partial charge is 0.481 e. The molecule has 0 unspecified atom stereocenters. The minimum absolute atomic E-state index is 0.229. The van der Waals surface area contributed by atoms with Gasteiger partial charge in [-0.3, -0.25) is 4.79 Å². The van der Waals surface area contributed by atoms with Crippen LogP contribution < -0.4 is 4.90 Å². The van der Waals surface area contributed by atoms with Crippen LogP contribution in [-0.4, -0.2) is 34.1 Å². The number of halogens is 1. The van der Waals surface area contributed by atoms with E-state index in [9.17, 15) is 9.90 Å². The number of thiophene rings is 1. The van der Waals surface area contributed by atoms with E-state index in [2.05, 4.69) is 52.3 Å². The second kappa shape index (κ2) is 7.09. The Kier molecular flexibility index (Phi) is 4.78. The number of carbonyl (C=O) groups is 1. The van der Waals surface area contributed by atoms with Crippen LogP contribution in [-0.2, 0) is 4.79 Å². The lowest BCUT2D eigenvalue weighted by atomic mass is 9.96. The first-order chi connectivity index (χ1) is 12.9. The van der Waals surface area contributed by atoms with E-state index in [0.717, 1.165) is 21.6 Å². The van der Waals surface area contributed by atoms with Gasteiger partial charge in [0.25, 0.3) is 0 Å². The SMILES string of the molecule is Cc1ccc(-c2csc3nc(Cl)nc(N4CCC(C(=O)O)CC4)c23)c(C)c1. The van der Waals surface area contributed by atoms with Crippen molar-refractivity contribution in [2.24, 2.45) is 5.92 Å². The van der Waals surface area contributed by atoms with Crippen LogP contribution in [0.1, 0.15) is 24.0 Å². The lowest BCUT2D eigenvalue weighted by molar-refractivity contribution is -0.142. The maximum absolute atomic E-state index is 11.3. The third-order valence-corrected chi connectivity index (χ3v) is 6.24. The molecular formula is C20H20ClN3O2S. The van der Waals surface area contributed by atoms with Gasteiger partial charge in [0, 0.05) is 24.0 Å². The van der Waals surface area contributed by atoms with Crippen LogP contribution in [0, 0.1) is 19.8 Å². The van der Waals surface area contributed by atoms with Gasteiger partial charge in [0.2, 0.25) is 5.28 Å². The van der Waals surface area contributed by atoms with Crippen molar-refractivity contribution in [1.29, 1.82) is 0 Å². The van der Waals surface area contributed by atoms with E-state index in [0.29, 0.717) is 25.9 Å². The number of carboxylic acid groups (broad SMARTS) is 1. The minimum atomic E-state index is -0.716. The molecule has 4 rings (SSSR count). The molecule has 1 N–H and O–H groups in total. The fraction of sp³-hybridized carbons (Fsp3) is 0.350. The molecule has 5 nitrogen and oxygen atoms in total. The van der Waals surface area contributed by atoms with Crippen molar-refractivity contribution in [1.82, 2.24) is 9.97 Å². The van der Waals surface area contributed by atoms with Crippen LogP contribution in [0.2, 0.25) is 5.28 Å². The van der Waals surface area contributed by atoms with Crippen LogP contribution in [0.5, 0.6) is 0 Å². The summed E-state index contributed by atoms with van der Waals surface area (Å²) in [5, 5.41) is 12.6. The molecule has 0 bridgehead atoms. The molecule has 0 radical (unpaired) electrons.